The van der Waals surface area contributed by atoms with Gasteiger partial charge in [0.15, 0.2) is 11.5 Å². The van der Waals surface area contributed by atoms with Gasteiger partial charge < -0.3 is 14.2 Å². The van der Waals surface area contributed by atoms with Gasteiger partial charge in [-0.15, -0.1) is 11.3 Å². The van der Waals surface area contributed by atoms with E-state index in [-0.39, 0.29) is 0 Å². The molecule has 0 fully saturated rings. The Bertz CT molecular complexity index is 858. The van der Waals surface area contributed by atoms with Gasteiger partial charge in [0, 0.05) is 16.5 Å². The molecule has 0 atom stereocenters. The Balaban J connectivity index is 1.95. The van der Waals surface area contributed by atoms with E-state index in [1.807, 2.05) is 37.3 Å². The van der Waals surface area contributed by atoms with Gasteiger partial charge in [0.1, 0.15) is 10.8 Å². The zero-order chi connectivity index (χ0) is 17.1. The Morgan fingerprint density at radius 2 is 1.46 bits per heavy atom. The van der Waals surface area contributed by atoms with Gasteiger partial charge in [-0.25, -0.2) is 4.98 Å². The highest BCUT2D eigenvalue weighted by molar-refractivity contribution is 7.13. The largest absolute Gasteiger partial charge is 0.496 e. The van der Waals surface area contributed by atoms with Crippen molar-refractivity contribution in [2.45, 2.75) is 6.92 Å². The SMILES string of the molecule is COc1ccc(-c2csc(-c3ccc(OC)c(OC)c3)n2)cc1C. The van der Waals surface area contributed by atoms with Crippen molar-refractivity contribution in [1.82, 2.24) is 4.98 Å². The van der Waals surface area contributed by atoms with E-state index in [0.717, 1.165) is 33.1 Å². The van der Waals surface area contributed by atoms with Crippen molar-refractivity contribution < 1.29 is 14.2 Å². The van der Waals surface area contributed by atoms with Gasteiger partial charge in [-0.05, 0) is 48.9 Å². The third-order valence-corrected chi connectivity index (χ3v) is 4.72. The molecule has 1 aromatic heterocycles. The van der Waals surface area contributed by atoms with E-state index in [1.165, 1.54) is 0 Å². The Morgan fingerprint density at radius 1 is 0.792 bits per heavy atom. The van der Waals surface area contributed by atoms with Crippen LogP contribution in [-0.4, -0.2) is 26.3 Å². The van der Waals surface area contributed by atoms with Crippen LogP contribution in [0.1, 0.15) is 5.56 Å². The molecule has 3 rings (SSSR count). The van der Waals surface area contributed by atoms with E-state index < -0.39 is 0 Å². The molecular weight excluding hydrogens is 322 g/mol. The normalized spacial score (nSPS) is 10.5. The molecule has 124 valence electrons. The second kappa shape index (κ2) is 6.93. The van der Waals surface area contributed by atoms with E-state index in [4.69, 9.17) is 19.2 Å². The number of methoxy groups -OCH3 is 3. The van der Waals surface area contributed by atoms with Crippen LogP contribution in [0.5, 0.6) is 17.2 Å². The van der Waals surface area contributed by atoms with Crippen LogP contribution in [-0.2, 0) is 0 Å². The quantitative estimate of drug-likeness (QED) is 0.668. The van der Waals surface area contributed by atoms with Crippen molar-refractivity contribution in [3.8, 4) is 39.1 Å². The van der Waals surface area contributed by atoms with Crippen LogP contribution < -0.4 is 14.2 Å². The predicted molar refractivity (Wildman–Crippen MR) is 97.4 cm³/mol. The lowest BCUT2D eigenvalue weighted by atomic mass is 10.1. The summed E-state index contributed by atoms with van der Waals surface area (Å²) in [4.78, 5) is 4.76. The topological polar surface area (TPSA) is 40.6 Å². The Morgan fingerprint density at radius 3 is 2.12 bits per heavy atom. The van der Waals surface area contributed by atoms with Crippen LogP contribution in [0.15, 0.2) is 41.8 Å². The molecule has 24 heavy (non-hydrogen) atoms. The molecule has 0 saturated heterocycles. The van der Waals surface area contributed by atoms with E-state index >= 15 is 0 Å². The molecule has 0 aliphatic heterocycles. The highest BCUT2D eigenvalue weighted by atomic mass is 32.1. The number of ether oxygens (including phenoxy) is 3. The summed E-state index contributed by atoms with van der Waals surface area (Å²) in [5.74, 6) is 2.30. The summed E-state index contributed by atoms with van der Waals surface area (Å²) >= 11 is 1.61. The fourth-order valence-electron chi connectivity index (χ4n) is 2.55. The zero-order valence-electron chi connectivity index (χ0n) is 14.1. The first-order chi connectivity index (χ1) is 11.7. The number of nitrogens with zero attached hydrogens (tertiary/aromatic N) is 1. The molecule has 0 radical (unpaired) electrons. The van der Waals surface area contributed by atoms with Crippen molar-refractivity contribution in [3.63, 3.8) is 0 Å². The van der Waals surface area contributed by atoms with Crippen LogP contribution >= 0.6 is 11.3 Å². The van der Waals surface area contributed by atoms with Crippen molar-refractivity contribution in [2.75, 3.05) is 21.3 Å². The fourth-order valence-corrected chi connectivity index (χ4v) is 3.37. The van der Waals surface area contributed by atoms with E-state index in [2.05, 4.69) is 11.4 Å². The molecule has 0 amide bonds. The number of aromatic nitrogens is 1. The number of thiazole rings is 1. The molecule has 2 aromatic carbocycles. The summed E-state index contributed by atoms with van der Waals surface area (Å²) in [6.07, 6.45) is 0. The smallest absolute Gasteiger partial charge is 0.161 e. The summed E-state index contributed by atoms with van der Waals surface area (Å²) in [5.41, 5.74) is 4.14. The Labute approximate surface area is 145 Å². The summed E-state index contributed by atoms with van der Waals surface area (Å²) in [5, 5.41) is 3.01. The Kier molecular flexibility index (Phi) is 4.71. The lowest BCUT2D eigenvalue weighted by molar-refractivity contribution is 0.355. The summed E-state index contributed by atoms with van der Waals surface area (Å²) in [6, 6.07) is 11.9. The maximum absolute atomic E-state index is 5.37. The average molecular weight is 341 g/mol. The third kappa shape index (κ3) is 3.08. The van der Waals surface area contributed by atoms with Gasteiger partial charge in [-0.2, -0.15) is 0 Å². The number of hydrogen-bond donors (Lipinski definition) is 0. The monoisotopic (exact) mass is 341 g/mol. The maximum atomic E-state index is 5.37. The van der Waals surface area contributed by atoms with Gasteiger partial charge >= 0.3 is 0 Å². The van der Waals surface area contributed by atoms with E-state index in [1.54, 1.807) is 32.7 Å². The maximum Gasteiger partial charge on any atom is 0.161 e. The molecule has 4 nitrogen and oxygen atoms in total. The van der Waals surface area contributed by atoms with Crippen LogP contribution in [0.2, 0.25) is 0 Å². The highest BCUT2D eigenvalue weighted by Gasteiger charge is 2.11. The molecule has 0 spiro atoms. The minimum absolute atomic E-state index is 0.701. The Hall–Kier alpha value is -2.53. The van der Waals surface area contributed by atoms with Gasteiger partial charge in [0.25, 0.3) is 0 Å². The minimum Gasteiger partial charge on any atom is -0.496 e. The molecule has 0 saturated carbocycles. The molecule has 5 heteroatoms. The molecule has 0 bridgehead atoms. The molecule has 0 unspecified atom stereocenters. The lowest BCUT2D eigenvalue weighted by Gasteiger charge is -2.08. The first-order valence-electron chi connectivity index (χ1n) is 7.49. The highest BCUT2D eigenvalue weighted by Crippen LogP contribution is 2.35. The second-order valence-electron chi connectivity index (χ2n) is 5.29. The van der Waals surface area contributed by atoms with Crippen LogP contribution in [0.3, 0.4) is 0 Å². The standard InChI is InChI=1S/C19H19NO3S/c1-12-9-13(5-7-16(12)21-2)15-11-24-19(20-15)14-6-8-17(22-3)18(10-14)23-4/h5-11H,1-4H3. The fraction of sp³-hybridized carbons (Fsp3) is 0.211. The molecule has 1 heterocycles. The van der Waals surface area contributed by atoms with Crippen molar-refractivity contribution in [2.24, 2.45) is 0 Å². The lowest BCUT2D eigenvalue weighted by Crippen LogP contribution is -1.91. The predicted octanol–water partition coefficient (Wildman–Crippen LogP) is 4.81. The summed E-state index contributed by atoms with van der Waals surface area (Å²) in [7, 11) is 4.94. The minimum atomic E-state index is 0.701. The van der Waals surface area contributed by atoms with Gasteiger partial charge in [0.2, 0.25) is 0 Å². The first-order valence-corrected chi connectivity index (χ1v) is 8.37. The van der Waals surface area contributed by atoms with Crippen LogP contribution in [0, 0.1) is 6.92 Å². The van der Waals surface area contributed by atoms with E-state index in [0.29, 0.717) is 11.5 Å². The molecule has 0 N–H and O–H groups in total. The first kappa shape index (κ1) is 16.3. The number of hydrogen-bond acceptors (Lipinski definition) is 5. The van der Waals surface area contributed by atoms with Gasteiger partial charge in [-0.3, -0.25) is 0 Å². The molecule has 0 aliphatic carbocycles. The summed E-state index contributed by atoms with van der Waals surface area (Å²) in [6.45, 7) is 2.03. The van der Waals surface area contributed by atoms with Crippen LogP contribution in [0.25, 0.3) is 21.8 Å². The average Bonchev–Trinajstić information content (AvgIpc) is 3.11. The van der Waals surface area contributed by atoms with Gasteiger partial charge in [-0.1, -0.05) is 0 Å². The number of rotatable bonds is 5. The van der Waals surface area contributed by atoms with Crippen molar-refractivity contribution in [3.05, 3.63) is 47.3 Å². The third-order valence-electron chi connectivity index (χ3n) is 3.83. The zero-order valence-corrected chi connectivity index (χ0v) is 14.9. The number of aryl methyl sites for hydroxylation is 1. The van der Waals surface area contributed by atoms with Crippen LogP contribution in [0.4, 0.5) is 0 Å². The van der Waals surface area contributed by atoms with Crippen molar-refractivity contribution >= 4 is 11.3 Å². The molecule has 3 aromatic rings. The van der Waals surface area contributed by atoms with Crippen molar-refractivity contribution in [1.29, 1.82) is 0 Å². The second-order valence-corrected chi connectivity index (χ2v) is 6.15. The molecule has 0 aliphatic rings. The van der Waals surface area contributed by atoms with Gasteiger partial charge in [0.05, 0.1) is 27.0 Å². The molecular formula is C19H19NO3S. The van der Waals surface area contributed by atoms with E-state index in [9.17, 15) is 0 Å². The number of benzene rings is 2. The summed E-state index contributed by atoms with van der Waals surface area (Å²) < 4.78 is 16.0.